The zero-order valence-electron chi connectivity index (χ0n) is 12.9. The standard InChI is InChI=1S/C18H24N2O/c1-13(14-10-11-14)20(2)18(21)9-5-6-15-12-19-17-8-4-3-7-16(15)17/h3-4,7-8,12-14,19H,5-6,9-11H2,1-2H3. The monoisotopic (exact) mass is 284 g/mol. The first-order valence-corrected chi connectivity index (χ1v) is 7.97. The highest BCUT2D eigenvalue weighted by Crippen LogP contribution is 2.34. The van der Waals surface area contributed by atoms with Crippen LogP contribution in [0.1, 0.15) is 38.2 Å². The third-order valence-electron chi connectivity index (χ3n) is 4.82. The molecular weight excluding hydrogens is 260 g/mol. The Morgan fingerprint density at radius 3 is 2.90 bits per heavy atom. The van der Waals surface area contributed by atoms with E-state index in [1.54, 1.807) is 0 Å². The predicted molar refractivity (Wildman–Crippen MR) is 86.2 cm³/mol. The average molecular weight is 284 g/mol. The molecule has 0 aliphatic heterocycles. The van der Waals surface area contributed by atoms with Gasteiger partial charge in [0.2, 0.25) is 5.91 Å². The molecule has 3 rings (SSSR count). The summed E-state index contributed by atoms with van der Waals surface area (Å²) in [6.45, 7) is 2.18. The largest absolute Gasteiger partial charge is 0.361 e. The van der Waals surface area contributed by atoms with Crippen LogP contribution in [0.5, 0.6) is 0 Å². The summed E-state index contributed by atoms with van der Waals surface area (Å²) in [6, 6.07) is 8.75. The normalized spacial score (nSPS) is 16.1. The van der Waals surface area contributed by atoms with Gasteiger partial charge in [-0.25, -0.2) is 0 Å². The van der Waals surface area contributed by atoms with Gasteiger partial charge in [-0.3, -0.25) is 4.79 Å². The molecule has 0 radical (unpaired) electrons. The lowest BCUT2D eigenvalue weighted by molar-refractivity contribution is -0.132. The fourth-order valence-electron chi connectivity index (χ4n) is 3.07. The Morgan fingerprint density at radius 2 is 2.14 bits per heavy atom. The van der Waals surface area contributed by atoms with Gasteiger partial charge in [-0.1, -0.05) is 18.2 Å². The van der Waals surface area contributed by atoms with E-state index in [2.05, 4.69) is 36.3 Å². The van der Waals surface area contributed by atoms with E-state index in [1.165, 1.54) is 29.3 Å². The van der Waals surface area contributed by atoms with Crippen molar-refractivity contribution < 1.29 is 4.79 Å². The summed E-state index contributed by atoms with van der Waals surface area (Å²) in [5.74, 6) is 1.03. The summed E-state index contributed by atoms with van der Waals surface area (Å²) in [5.41, 5.74) is 2.49. The van der Waals surface area contributed by atoms with Gasteiger partial charge < -0.3 is 9.88 Å². The van der Waals surface area contributed by atoms with Crippen molar-refractivity contribution >= 4 is 16.8 Å². The number of para-hydroxylation sites is 1. The van der Waals surface area contributed by atoms with Gasteiger partial charge in [0.25, 0.3) is 0 Å². The number of nitrogens with zero attached hydrogens (tertiary/aromatic N) is 1. The lowest BCUT2D eigenvalue weighted by Crippen LogP contribution is -2.36. The van der Waals surface area contributed by atoms with Gasteiger partial charge in [0.1, 0.15) is 0 Å². The summed E-state index contributed by atoms with van der Waals surface area (Å²) in [6.07, 6.45) is 7.17. The van der Waals surface area contributed by atoms with Crippen molar-refractivity contribution in [3.8, 4) is 0 Å². The molecule has 1 heterocycles. The molecule has 1 unspecified atom stereocenters. The number of H-pyrrole nitrogens is 1. The minimum atomic E-state index is 0.286. The Hall–Kier alpha value is -1.77. The third-order valence-corrected chi connectivity index (χ3v) is 4.82. The SMILES string of the molecule is CC(C1CC1)N(C)C(=O)CCCc1c[nH]c2ccccc12. The molecule has 0 saturated heterocycles. The van der Waals surface area contributed by atoms with Gasteiger partial charge in [0.15, 0.2) is 0 Å². The maximum Gasteiger partial charge on any atom is 0.222 e. The van der Waals surface area contributed by atoms with Crippen molar-refractivity contribution in [1.29, 1.82) is 0 Å². The Morgan fingerprint density at radius 1 is 1.38 bits per heavy atom. The van der Waals surface area contributed by atoms with Crippen LogP contribution in [0.4, 0.5) is 0 Å². The molecule has 1 fully saturated rings. The van der Waals surface area contributed by atoms with Crippen LogP contribution in [0, 0.1) is 5.92 Å². The maximum absolute atomic E-state index is 12.2. The molecule has 1 aromatic carbocycles. The van der Waals surface area contributed by atoms with Gasteiger partial charge in [-0.15, -0.1) is 0 Å². The van der Waals surface area contributed by atoms with E-state index in [-0.39, 0.29) is 5.91 Å². The van der Waals surface area contributed by atoms with E-state index < -0.39 is 0 Å². The number of carbonyl (C=O) groups is 1. The molecule has 1 aromatic heterocycles. The van der Waals surface area contributed by atoms with E-state index in [0.717, 1.165) is 18.8 Å². The van der Waals surface area contributed by atoms with E-state index in [4.69, 9.17) is 0 Å². The van der Waals surface area contributed by atoms with Crippen LogP contribution in [0.25, 0.3) is 10.9 Å². The predicted octanol–water partition coefficient (Wildman–Crippen LogP) is 3.75. The third kappa shape index (κ3) is 3.12. The summed E-state index contributed by atoms with van der Waals surface area (Å²) in [4.78, 5) is 17.5. The molecule has 21 heavy (non-hydrogen) atoms. The number of aromatic amines is 1. The molecule has 1 aliphatic rings. The van der Waals surface area contributed by atoms with Gasteiger partial charge in [0, 0.05) is 36.6 Å². The van der Waals surface area contributed by atoms with Crippen molar-refractivity contribution in [3.63, 3.8) is 0 Å². The molecule has 112 valence electrons. The Bertz CT molecular complexity index is 627. The lowest BCUT2D eigenvalue weighted by Gasteiger charge is -2.24. The number of hydrogen-bond acceptors (Lipinski definition) is 1. The van der Waals surface area contributed by atoms with E-state index in [0.29, 0.717) is 12.5 Å². The van der Waals surface area contributed by atoms with E-state index in [1.807, 2.05) is 18.0 Å². The molecule has 1 atom stereocenters. The molecular formula is C18H24N2O. The number of hydrogen-bond donors (Lipinski definition) is 1. The number of aromatic nitrogens is 1. The molecule has 3 heteroatoms. The molecule has 2 aromatic rings. The number of rotatable bonds is 6. The van der Waals surface area contributed by atoms with Gasteiger partial charge in [0.05, 0.1) is 0 Å². The first-order chi connectivity index (χ1) is 10.2. The molecule has 1 N–H and O–H groups in total. The average Bonchev–Trinajstić information content (AvgIpc) is 3.28. The fourth-order valence-corrected chi connectivity index (χ4v) is 3.07. The van der Waals surface area contributed by atoms with Crippen molar-refractivity contribution in [2.45, 2.75) is 45.1 Å². The second-order valence-electron chi connectivity index (χ2n) is 6.30. The Labute approximate surface area is 126 Å². The number of carbonyl (C=O) groups excluding carboxylic acids is 1. The highest BCUT2D eigenvalue weighted by molar-refractivity contribution is 5.83. The molecule has 0 spiro atoms. The number of fused-ring (bicyclic) bond motifs is 1. The maximum atomic E-state index is 12.2. The van der Waals surface area contributed by atoms with Gasteiger partial charge in [-0.2, -0.15) is 0 Å². The van der Waals surface area contributed by atoms with Crippen molar-refractivity contribution in [2.24, 2.45) is 5.92 Å². The van der Waals surface area contributed by atoms with E-state index >= 15 is 0 Å². The molecule has 0 bridgehead atoms. The minimum absolute atomic E-state index is 0.286. The summed E-state index contributed by atoms with van der Waals surface area (Å²) >= 11 is 0. The highest BCUT2D eigenvalue weighted by Gasteiger charge is 2.32. The Balaban J connectivity index is 1.52. The topological polar surface area (TPSA) is 36.1 Å². The Kier molecular flexibility index (Phi) is 4.00. The number of nitrogens with one attached hydrogen (secondary N) is 1. The summed E-state index contributed by atoms with van der Waals surface area (Å²) in [5, 5.41) is 1.28. The summed E-state index contributed by atoms with van der Waals surface area (Å²) < 4.78 is 0. The lowest BCUT2D eigenvalue weighted by atomic mass is 10.1. The number of amides is 1. The molecule has 3 nitrogen and oxygen atoms in total. The van der Waals surface area contributed by atoms with E-state index in [9.17, 15) is 4.79 Å². The zero-order chi connectivity index (χ0) is 14.8. The van der Waals surface area contributed by atoms with Crippen molar-refractivity contribution in [2.75, 3.05) is 7.05 Å². The molecule has 1 amide bonds. The molecule has 1 saturated carbocycles. The fraction of sp³-hybridized carbons (Fsp3) is 0.500. The number of benzene rings is 1. The minimum Gasteiger partial charge on any atom is -0.361 e. The highest BCUT2D eigenvalue weighted by atomic mass is 16.2. The van der Waals surface area contributed by atoms with Crippen LogP contribution in [-0.4, -0.2) is 28.9 Å². The quantitative estimate of drug-likeness (QED) is 0.861. The van der Waals surface area contributed by atoms with Crippen LogP contribution in [0.3, 0.4) is 0 Å². The van der Waals surface area contributed by atoms with Crippen LogP contribution in [0.15, 0.2) is 30.5 Å². The first kappa shape index (κ1) is 14.2. The van der Waals surface area contributed by atoms with Gasteiger partial charge in [-0.05, 0) is 50.2 Å². The van der Waals surface area contributed by atoms with Crippen LogP contribution in [0.2, 0.25) is 0 Å². The van der Waals surface area contributed by atoms with Crippen LogP contribution >= 0.6 is 0 Å². The number of aryl methyl sites for hydroxylation is 1. The van der Waals surface area contributed by atoms with Crippen LogP contribution < -0.4 is 0 Å². The second-order valence-corrected chi connectivity index (χ2v) is 6.30. The second kappa shape index (κ2) is 5.92. The first-order valence-electron chi connectivity index (χ1n) is 7.97. The molecule has 1 aliphatic carbocycles. The summed E-state index contributed by atoms with van der Waals surface area (Å²) in [7, 11) is 1.96. The van der Waals surface area contributed by atoms with Crippen molar-refractivity contribution in [3.05, 3.63) is 36.0 Å². The zero-order valence-corrected chi connectivity index (χ0v) is 12.9. The smallest absolute Gasteiger partial charge is 0.222 e. The van der Waals surface area contributed by atoms with Crippen molar-refractivity contribution in [1.82, 2.24) is 9.88 Å². The van der Waals surface area contributed by atoms with Gasteiger partial charge >= 0.3 is 0 Å². The van der Waals surface area contributed by atoms with Crippen LogP contribution in [-0.2, 0) is 11.2 Å².